The highest BCUT2D eigenvalue weighted by molar-refractivity contribution is 6.04. The molecule has 4 rings (SSSR count). The summed E-state index contributed by atoms with van der Waals surface area (Å²) in [6.45, 7) is 4.59. The second-order valence-electron chi connectivity index (χ2n) is 8.79. The minimum Gasteiger partial charge on any atom is -0.368 e. The van der Waals surface area contributed by atoms with E-state index in [1.54, 1.807) is 25.3 Å². The van der Waals surface area contributed by atoms with E-state index in [9.17, 15) is 18.8 Å². The topological polar surface area (TPSA) is 108 Å². The van der Waals surface area contributed by atoms with Gasteiger partial charge in [0, 0.05) is 42.7 Å². The smallest absolute Gasteiger partial charge is 0.255 e. The molecule has 0 saturated carbocycles. The summed E-state index contributed by atoms with van der Waals surface area (Å²) in [5.74, 6) is -2.05. The average molecular weight is 463 g/mol. The number of rotatable bonds is 5. The molecule has 3 aromatic rings. The average Bonchev–Trinajstić information content (AvgIpc) is 3.17. The van der Waals surface area contributed by atoms with E-state index < -0.39 is 29.1 Å². The predicted molar refractivity (Wildman–Crippen MR) is 124 cm³/mol. The van der Waals surface area contributed by atoms with Gasteiger partial charge in [0.2, 0.25) is 0 Å². The highest BCUT2D eigenvalue weighted by Gasteiger charge is 2.35. The number of nitrogens with one attached hydrogen (secondary N) is 1. The fourth-order valence-corrected chi connectivity index (χ4v) is 4.21. The first-order valence-corrected chi connectivity index (χ1v) is 10.8. The predicted octanol–water partition coefficient (Wildman–Crippen LogP) is 3.71. The summed E-state index contributed by atoms with van der Waals surface area (Å²) >= 11 is 0. The van der Waals surface area contributed by atoms with Gasteiger partial charge in [0.15, 0.2) is 0 Å². The third-order valence-electron chi connectivity index (χ3n) is 5.85. The van der Waals surface area contributed by atoms with Gasteiger partial charge in [0.05, 0.1) is 23.0 Å². The van der Waals surface area contributed by atoms with Crippen molar-refractivity contribution in [3.63, 3.8) is 0 Å². The first-order chi connectivity index (χ1) is 16.2. The number of nitrogens with two attached hydrogens (primary N) is 1. The molecule has 1 amide bonds. The fraction of sp³-hybridized carbons (Fsp3) is 0.280. The fourth-order valence-electron chi connectivity index (χ4n) is 4.21. The minimum atomic E-state index is -0.798. The molecule has 2 atom stereocenters. The van der Waals surface area contributed by atoms with Crippen molar-refractivity contribution in [3.05, 3.63) is 77.4 Å². The van der Waals surface area contributed by atoms with Crippen molar-refractivity contribution in [2.45, 2.75) is 31.8 Å². The molecule has 7 nitrogen and oxygen atoms in total. The van der Waals surface area contributed by atoms with E-state index in [0.29, 0.717) is 30.9 Å². The second kappa shape index (κ2) is 9.15. The van der Waals surface area contributed by atoms with E-state index in [1.165, 1.54) is 6.20 Å². The van der Waals surface area contributed by atoms with E-state index in [4.69, 9.17) is 5.73 Å². The van der Waals surface area contributed by atoms with Gasteiger partial charge >= 0.3 is 0 Å². The van der Waals surface area contributed by atoms with Gasteiger partial charge in [-0.3, -0.25) is 9.78 Å². The van der Waals surface area contributed by atoms with Crippen LogP contribution in [-0.2, 0) is 0 Å². The lowest BCUT2D eigenvalue weighted by Gasteiger charge is -2.27. The van der Waals surface area contributed by atoms with Crippen LogP contribution in [-0.4, -0.2) is 34.5 Å². The van der Waals surface area contributed by atoms with E-state index in [1.807, 2.05) is 24.0 Å². The molecule has 0 aliphatic carbocycles. The summed E-state index contributed by atoms with van der Waals surface area (Å²) in [5.41, 5.74) is 7.30. The van der Waals surface area contributed by atoms with Gasteiger partial charge in [0.1, 0.15) is 23.4 Å². The van der Waals surface area contributed by atoms with Crippen molar-refractivity contribution >= 4 is 11.6 Å². The highest BCUT2D eigenvalue weighted by atomic mass is 19.1. The molecule has 0 radical (unpaired) electrons. The van der Waals surface area contributed by atoms with Crippen LogP contribution in [0.1, 0.15) is 48.1 Å². The molecule has 174 valence electrons. The maximum absolute atomic E-state index is 14.1. The quantitative estimate of drug-likeness (QED) is 0.599. The molecule has 3 heterocycles. The van der Waals surface area contributed by atoms with Gasteiger partial charge in [-0.25, -0.2) is 13.8 Å². The standard InChI is InChI=1S/C25H24F2N6O/c1-15(20-5-3-4-7-30-20)32-24(34)19-13-31-21(12-28)22(16-9-17(26)11-18(27)10-16)23(19)33-8-6-25(2,29)14-33/h3-5,7,9-11,13,15H,6,8,14,29H2,1-2H3,(H,32,34)/t15-,25?/m0/s1. The van der Waals surface area contributed by atoms with E-state index in [-0.39, 0.29) is 22.4 Å². The summed E-state index contributed by atoms with van der Waals surface area (Å²) in [4.78, 5) is 23.7. The van der Waals surface area contributed by atoms with Crippen LogP contribution in [0.5, 0.6) is 0 Å². The molecule has 1 aromatic carbocycles. The van der Waals surface area contributed by atoms with Crippen LogP contribution in [0, 0.1) is 23.0 Å². The Kier molecular flexibility index (Phi) is 6.26. The Labute approximate surface area is 196 Å². The van der Waals surface area contributed by atoms with Crippen molar-refractivity contribution < 1.29 is 13.6 Å². The third-order valence-corrected chi connectivity index (χ3v) is 5.85. The first-order valence-electron chi connectivity index (χ1n) is 10.8. The minimum absolute atomic E-state index is 0.0417. The molecular formula is C25H24F2N6O. The van der Waals surface area contributed by atoms with Crippen LogP contribution >= 0.6 is 0 Å². The summed E-state index contributed by atoms with van der Waals surface area (Å²) < 4.78 is 28.3. The SMILES string of the molecule is C[C@H](NC(=O)c1cnc(C#N)c(-c2cc(F)cc(F)c2)c1N1CCC(C)(N)C1)c1ccccn1. The molecular weight excluding hydrogens is 438 g/mol. The first kappa shape index (κ1) is 23.3. The lowest BCUT2D eigenvalue weighted by atomic mass is 9.97. The summed E-state index contributed by atoms with van der Waals surface area (Å²) in [7, 11) is 0. The van der Waals surface area contributed by atoms with Gasteiger partial charge in [0.25, 0.3) is 5.91 Å². The number of aromatic nitrogens is 2. The molecule has 2 aromatic heterocycles. The third kappa shape index (κ3) is 4.72. The van der Waals surface area contributed by atoms with Crippen molar-refractivity contribution in [1.82, 2.24) is 15.3 Å². The number of carbonyl (C=O) groups is 1. The molecule has 0 spiro atoms. The number of benzene rings is 1. The zero-order valence-electron chi connectivity index (χ0n) is 18.8. The van der Waals surface area contributed by atoms with Crippen molar-refractivity contribution in [1.29, 1.82) is 5.26 Å². The number of carbonyl (C=O) groups excluding carboxylic acids is 1. The Morgan fingerprint density at radius 3 is 2.59 bits per heavy atom. The Morgan fingerprint density at radius 2 is 2.00 bits per heavy atom. The zero-order valence-corrected chi connectivity index (χ0v) is 18.8. The van der Waals surface area contributed by atoms with Crippen LogP contribution in [0.3, 0.4) is 0 Å². The number of amides is 1. The molecule has 1 saturated heterocycles. The van der Waals surface area contributed by atoms with Crippen LogP contribution in [0.2, 0.25) is 0 Å². The summed E-state index contributed by atoms with van der Waals surface area (Å²) in [6, 6.07) is 9.98. The molecule has 1 aliphatic rings. The lowest BCUT2D eigenvalue weighted by molar-refractivity contribution is 0.0939. The molecule has 9 heteroatoms. The van der Waals surface area contributed by atoms with Crippen molar-refractivity contribution in [3.8, 4) is 17.2 Å². The summed E-state index contributed by atoms with van der Waals surface area (Å²) in [5, 5.41) is 12.7. The Morgan fingerprint density at radius 1 is 1.26 bits per heavy atom. The van der Waals surface area contributed by atoms with E-state index >= 15 is 0 Å². The molecule has 1 aliphatic heterocycles. The van der Waals surface area contributed by atoms with Gasteiger partial charge in [-0.1, -0.05) is 6.07 Å². The van der Waals surface area contributed by atoms with E-state index in [0.717, 1.165) is 18.2 Å². The number of anilines is 1. The number of pyridine rings is 2. The van der Waals surface area contributed by atoms with Crippen LogP contribution in [0.25, 0.3) is 11.1 Å². The van der Waals surface area contributed by atoms with Crippen LogP contribution in [0.15, 0.2) is 48.8 Å². The lowest BCUT2D eigenvalue weighted by Crippen LogP contribution is -2.40. The monoisotopic (exact) mass is 462 g/mol. The number of hydrogen-bond donors (Lipinski definition) is 2. The van der Waals surface area contributed by atoms with Gasteiger partial charge < -0.3 is 16.0 Å². The maximum Gasteiger partial charge on any atom is 0.255 e. The summed E-state index contributed by atoms with van der Waals surface area (Å²) in [6.07, 6.45) is 3.59. The van der Waals surface area contributed by atoms with E-state index in [2.05, 4.69) is 15.3 Å². The molecule has 0 bridgehead atoms. The normalized spacial score (nSPS) is 18.4. The van der Waals surface area contributed by atoms with Gasteiger partial charge in [-0.2, -0.15) is 5.26 Å². The Hall–Kier alpha value is -3.90. The molecule has 1 unspecified atom stereocenters. The van der Waals surface area contributed by atoms with Crippen molar-refractivity contribution in [2.75, 3.05) is 18.0 Å². The molecule has 34 heavy (non-hydrogen) atoms. The van der Waals surface area contributed by atoms with Crippen LogP contribution in [0.4, 0.5) is 14.5 Å². The zero-order chi connectivity index (χ0) is 24.5. The number of hydrogen-bond acceptors (Lipinski definition) is 6. The largest absolute Gasteiger partial charge is 0.368 e. The Bertz CT molecular complexity index is 1250. The number of nitrogens with zero attached hydrogens (tertiary/aromatic N) is 4. The Balaban J connectivity index is 1.86. The maximum atomic E-state index is 14.1. The van der Waals surface area contributed by atoms with Crippen LogP contribution < -0.4 is 16.0 Å². The number of halogens is 2. The molecule has 1 fully saturated rings. The number of nitriles is 1. The van der Waals surface area contributed by atoms with Crippen molar-refractivity contribution in [2.24, 2.45) is 5.73 Å². The van der Waals surface area contributed by atoms with Gasteiger partial charge in [-0.05, 0) is 50.1 Å². The highest BCUT2D eigenvalue weighted by Crippen LogP contribution is 2.39. The molecule has 3 N–H and O–H groups in total. The van der Waals surface area contributed by atoms with Gasteiger partial charge in [-0.15, -0.1) is 0 Å². The second-order valence-corrected chi connectivity index (χ2v) is 8.79.